The van der Waals surface area contributed by atoms with Crippen LogP contribution in [-0.4, -0.2) is 71.9 Å². The topological polar surface area (TPSA) is 83.7 Å². The van der Waals surface area contributed by atoms with Gasteiger partial charge in [-0.2, -0.15) is 18.2 Å². The number of piperidine rings is 1. The number of urea groups is 1. The number of carbonyl (C=O) groups is 1. The highest BCUT2D eigenvalue weighted by Crippen LogP contribution is 2.37. The molecule has 182 valence electrons. The first kappa shape index (κ1) is 22.7. The summed E-state index contributed by atoms with van der Waals surface area (Å²) in [6.07, 6.45) is -0.911. The predicted octanol–water partition coefficient (Wildman–Crippen LogP) is 3.45. The highest BCUT2D eigenvalue weighted by Gasteiger charge is 2.37. The number of morpholine rings is 1. The summed E-state index contributed by atoms with van der Waals surface area (Å²) in [4.78, 5) is 21.3. The van der Waals surface area contributed by atoms with Crippen LogP contribution in [0.3, 0.4) is 0 Å². The van der Waals surface area contributed by atoms with Crippen molar-refractivity contribution in [1.29, 1.82) is 0 Å². The van der Waals surface area contributed by atoms with Gasteiger partial charge in [-0.25, -0.2) is 4.79 Å². The second-order valence-corrected chi connectivity index (χ2v) is 8.83. The minimum absolute atomic E-state index is 0.103. The molecule has 2 aromatic rings. The van der Waals surface area contributed by atoms with Crippen molar-refractivity contribution < 1.29 is 27.2 Å². The Kier molecular flexibility index (Phi) is 6.20. The van der Waals surface area contributed by atoms with Crippen LogP contribution in [0.15, 0.2) is 34.9 Å². The van der Waals surface area contributed by atoms with E-state index in [9.17, 15) is 18.0 Å². The molecule has 5 rings (SSSR count). The van der Waals surface area contributed by atoms with Crippen LogP contribution in [0.4, 0.5) is 18.0 Å². The number of benzene rings is 1. The van der Waals surface area contributed by atoms with Crippen LogP contribution in [0.25, 0.3) is 5.70 Å². The van der Waals surface area contributed by atoms with Crippen LogP contribution in [0.5, 0.6) is 0 Å². The zero-order valence-corrected chi connectivity index (χ0v) is 18.6. The Morgan fingerprint density at radius 1 is 1.06 bits per heavy atom. The molecule has 2 saturated heterocycles. The lowest BCUT2D eigenvalue weighted by Crippen LogP contribution is -2.52. The maximum absolute atomic E-state index is 13.3. The molecule has 8 nitrogen and oxygen atoms in total. The van der Waals surface area contributed by atoms with Crippen molar-refractivity contribution in [3.63, 3.8) is 0 Å². The maximum atomic E-state index is 13.3. The van der Waals surface area contributed by atoms with Gasteiger partial charge in [0, 0.05) is 44.6 Å². The number of hydrogen-bond donors (Lipinski definition) is 1. The van der Waals surface area contributed by atoms with Gasteiger partial charge in [0.2, 0.25) is 0 Å². The van der Waals surface area contributed by atoms with E-state index in [1.807, 2.05) is 6.08 Å². The van der Waals surface area contributed by atoms with Crippen molar-refractivity contribution in [3.05, 3.63) is 53.2 Å². The molecule has 3 aliphatic heterocycles. The van der Waals surface area contributed by atoms with Gasteiger partial charge in [0.15, 0.2) is 5.82 Å². The average molecular weight is 477 g/mol. The third kappa shape index (κ3) is 4.75. The molecule has 2 fully saturated rings. The second kappa shape index (κ2) is 9.28. The maximum Gasteiger partial charge on any atom is 0.416 e. The molecule has 0 radical (unpaired) electrons. The lowest BCUT2D eigenvalue weighted by molar-refractivity contribution is -0.137. The van der Waals surface area contributed by atoms with Crippen LogP contribution < -0.4 is 5.32 Å². The quantitative estimate of drug-likeness (QED) is 0.729. The molecule has 1 aromatic heterocycles. The number of ether oxygens (including phenoxy) is 1. The van der Waals surface area contributed by atoms with Crippen molar-refractivity contribution >= 4 is 11.7 Å². The van der Waals surface area contributed by atoms with Crippen LogP contribution >= 0.6 is 0 Å². The fourth-order valence-corrected chi connectivity index (χ4v) is 4.75. The van der Waals surface area contributed by atoms with Gasteiger partial charge < -0.3 is 24.4 Å². The molecular weight excluding hydrogens is 451 g/mol. The third-order valence-electron chi connectivity index (χ3n) is 6.56. The van der Waals surface area contributed by atoms with Crippen molar-refractivity contribution in [2.45, 2.75) is 30.9 Å². The fourth-order valence-electron chi connectivity index (χ4n) is 4.75. The summed E-state index contributed by atoms with van der Waals surface area (Å²) in [5.41, 5.74) is 0.862. The summed E-state index contributed by atoms with van der Waals surface area (Å²) in [6, 6.07) is 5.09. The van der Waals surface area contributed by atoms with Gasteiger partial charge in [0.05, 0.1) is 24.5 Å². The molecule has 4 heterocycles. The van der Waals surface area contributed by atoms with E-state index in [0.717, 1.165) is 36.4 Å². The third-order valence-corrected chi connectivity index (χ3v) is 6.56. The summed E-state index contributed by atoms with van der Waals surface area (Å²) in [5, 5.41) is 7.38. The van der Waals surface area contributed by atoms with Gasteiger partial charge in [-0.1, -0.05) is 23.4 Å². The standard InChI is InChI=1S/C23H26F3N5O3/c24-23(25,26)18-5-3-15(4-6-18)16-12-17(20-28-21(34-29-20)19-2-1-7-27-19)14-31(13-16)22(32)30-8-10-33-11-9-30/h2-6,16-17,27H,1,7-14H2. The van der Waals surface area contributed by atoms with E-state index in [0.29, 0.717) is 57.5 Å². The Bertz CT molecular complexity index is 1050. The van der Waals surface area contributed by atoms with Gasteiger partial charge in [-0.05, 0) is 30.5 Å². The molecule has 11 heteroatoms. The van der Waals surface area contributed by atoms with E-state index in [1.54, 1.807) is 9.80 Å². The molecular formula is C23H26F3N5O3. The van der Waals surface area contributed by atoms with Crippen molar-refractivity contribution in [2.75, 3.05) is 45.9 Å². The number of halogens is 3. The Morgan fingerprint density at radius 3 is 2.47 bits per heavy atom. The molecule has 0 bridgehead atoms. The molecule has 34 heavy (non-hydrogen) atoms. The molecule has 2 unspecified atom stereocenters. The first-order chi connectivity index (χ1) is 16.4. The number of carbonyl (C=O) groups excluding carboxylic acids is 1. The number of amides is 2. The van der Waals surface area contributed by atoms with E-state index in [4.69, 9.17) is 9.26 Å². The van der Waals surface area contributed by atoms with Crippen LogP contribution in [0.1, 0.15) is 47.5 Å². The highest BCUT2D eigenvalue weighted by molar-refractivity contribution is 5.75. The van der Waals surface area contributed by atoms with Gasteiger partial charge in [-0.3, -0.25) is 0 Å². The molecule has 3 aliphatic rings. The molecule has 1 N–H and O–H groups in total. The summed E-state index contributed by atoms with van der Waals surface area (Å²) in [6.45, 7) is 3.64. The van der Waals surface area contributed by atoms with E-state index >= 15 is 0 Å². The SMILES string of the molecule is O=C(N1CCOCC1)N1CC(c2ccc(C(F)(F)F)cc2)CC(c2noc(C3=CCCN3)n2)C1. The Morgan fingerprint density at radius 2 is 1.79 bits per heavy atom. The monoisotopic (exact) mass is 477 g/mol. The highest BCUT2D eigenvalue weighted by atomic mass is 19.4. The fraction of sp³-hybridized carbons (Fsp3) is 0.522. The minimum atomic E-state index is -4.39. The molecule has 0 aliphatic carbocycles. The lowest BCUT2D eigenvalue weighted by Gasteiger charge is -2.40. The normalized spacial score (nSPS) is 23.6. The Hall–Kier alpha value is -3.08. The molecule has 0 saturated carbocycles. The van der Waals surface area contributed by atoms with Gasteiger partial charge in [0.25, 0.3) is 5.89 Å². The van der Waals surface area contributed by atoms with Crippen LogP contribution in [0, 0.1) is 0 Å². The number of aromatic nitrogens is 2. The minimum Gasteiger partial charge on any atom is -0.381 e. The van der Waals surface area contributed by atoms with Crippen LogP contribution in [-0.2, 0) is 10.9 Å². The zero-order valence-electron chi connectivity index (χ0n) is 18.6. The summed E-state index contributed by atoms with van der Waals surface area (Å²) in [7, 11) is 0. The molecule has 1 aromatic carbocycles. The zero-order chi connectivity index (χ0) is 23.7. The van der Waals surface area contributed by atoms with E-state index < -0.39 is 11.7 Å². The Balaban J connectivity index is 1.40. The molecule has 0 spiro atoms. The van der Waals surface area contributed by atoms with Crippen molar-refractivity contribution in [2.24, 2.45) is 0 Å². The number of nitrogens with one attached hydrogen (secondary N) is 1. The summed E-state index contributed by atoms with van der Waals surface area (Å²) in [5.74, 6) is 0.554. The molecule has 2 amide bonds. The van der Waals surface area contributed by atoms with E-state index in [1.165, 1.54) is 12.1 Å². The number of alkyl halides is 3. The van der Waals surface area contributed by atoms with E-state index in [-0.39, 0.29) is 17.9 Å². The first-order valence-electron chi connectivity index (χ1n) is 11.5. The van der Waals surface area contributed by atoms with Gasteiger partial charge in [0.1, 0.15) is 0 Å². The van der Waals surface area contributed by atoms with Gasteiger partial charge in [-0.15, -0.1) is 0 Å². The van der Waals surface area contributed by atoms with Crippen LogP contribution in [0.2, 0.25) is 0 Å². The van der Waals surface area contributed by atoms with Gasteiger partial charge >= 0.3 is 12.2 Å². The number of rotatable bonds is 3. The summed E-state index contributed by atoms with van der Waals surface area (Å²) < 4.78 is 50.0. The number of likely N-dealkylation sites (tertiary alicyclic amines) is 1. The molecule has 2 atom stereocenters. The largest absolute Gasteiger partial charge is 0.416 e. The van der Waals surface area contributed by atoms with Crippen molar-refractivity contribution in [1.82, 2.24) is 25.3 Å². The number of nitrogens with zero attached hydrogens (tertiary/aromatic N) is 4. The average Bonchev–Trinajstić information content (AvgIpc) is 3.56. The summed E-state index contributed by atoms with van der Waals surface area (Å²) >= 11 is 0. The Labute approximate surface area is 194 Å². The first-order valence-corrected chi connectivity index (χ1v) is 11.5. The number of hydrogen-bond acceptors (Lipinski definition) is 6. The second-order valence-electron chi connectivity index (χ2n) is 8.83. The lowest BCUT2D eigenvalue weighted by atomic mass is 9.84. The predicted molar refractivity (Wildman–Crippen MR) is 116 cm³/mol. The smallest absolute Gasteiger partial charge is 0.381 e. The van der Waals surface area contributed by atoms with Crippen molar-refractivity contribution in [3.8, 4) is 0 Å². The van der Waals surface area contributed by atoms with E-state index in [2.05, 4.69) is 15.5 Å².